The van der Waals surface area contributed by atoms with Crippen molar-refractivity contribution in [2.45, 2.75) is 38.6 Å². The van der Waals surface area contributed by atoms with E-state index >= 15 is 0 Å². The molecule has 0 radical (unpaired) electrons. The lowest BCUT2D eigenvalue weighted by atomic mass is 9.79. The molecule has 0 fully saturated rings. The van der Waals surface area contributed by atoms with Crippen LogP contribution in [0.2, 0.25) is 0 Å². The number of nitrogens with one attached hydrogen (secondary N) is 2. The summed E-state index contributed by atoms with van der Waals surface area (Å²) in [6.45, 7) is 1.45. The van der Waals surface area contributed by atoms with Gasteiger partial charge in [0.15, 0.2) is 0 Å². The van der Waals surface area contributed by atoms with Gasteiger partial charge in [-0.25, -0.2) is 5.84 Å². The molecule has 2 heterocycles. The van der Waals surface area contributed by atoms with E-state index in [9.17, 15) is 19.4 Å². The van der Waals surface area contributed by atoms with Gasteiger partial charge in [0.25, 0.3) is 17.7 Å². The summed E-state index contributed by atoms with van der Waals surface area (Å²) < 4.78 is 10.7. The van der Waals surface area contributed by atoms with Gasteiger partial charge >= 0.3 is 14.6 Å². The predicted molar refractivity (Wildman–Crippen MR) is 151 cm³/mol. The molecular formula is C28H30B2N4O6. The zero-order valence-electron chi connectivity index (χ0n) is 22.0. The highest BCUT2D eigenvalue weighted by Gasteiger charge is 2.29. The van der Waals surface area contributed by atoms with Gasteiger partial charge in [0.05, 0.1) is 13.2 Å². The van der Waals surface area contributed by atoms with E-state index in [0.717, 1.165) is 16.6 Å². The summed E-state index contributed by atoms with van der Waals surface area (Å²) in [5.41, 5.74) is 7.46. The Bertz CT molecular complexity index is 1410. The first-order valence-corrected chi connectivity index (χ1v) is 13.2. The van der Waals surface area contributed by atoms with E-state index in [-0.39, 0.29) is 18.9 Å². The Morgan fingerprint density at radius 3 is 2.60 bits per heavy atom. The molecule has 0 saturated heterocycles. The van der Waals surface area contributed by atoms with Crippen LogP contribution in [0.3, 0.4) is 0 Å². The van der Waals surface area contributed by atoms with E-state index in [0.29, 0.717) is 55.8 Å². The van der Waals surface area contributed by atoms with Crippen molar-refractivity contribution in [2.75, 3.05) is 6.54 Å². The molecule has 40 heavy (non-hydrogen) atoms. The summed E-state index contributed by atoms with van der Waals surface area (Å²) in [5.74, 6) is 4.31. The fourth-order valence-corrected chi connectivity index (χ4v) is 5.01. The molecule has 0 unspecified atom stereocenters. The average Bonchev–Trinajstić information content (AvgIpc) is 3.61. The number of fused-ring (bicyclic) bond motifs is 2. The summed E-state index contributed by atoms with van der Waals surface area (Å²) in [7, 11) is -0.454. The van der Waals surface area contributed by atoms with E-state index in [1.807, 2.05) is 48.5 Å². The normalized spacial score (nSPS) is 14.1. The van der Waals surface area contributed by atoms with Crippen molar-refractivity contribution in [3.63, 3.8) is 0 Å². The first-order valence-electron chi connectivity index (χ1n) is 13.2. The van der Waals surface area contributed by atoms with Crippen LogP contribution in [0.5, 0.6) is 0 Å². The standard InChI is InChI=1S/C28H30B2N4O6/c31-33-27(36)25(32-26(35)19-9-11-24-22(13-19)17-40-30(24)38)7-4-12-34(15-18-5-2-1-3-6-18)28(37)20-8-10-23-21(14-20)16-39-29-23/h1-3,5-6,8-11,13-14,25,29,38H,4,7,12,15-17,31H2,(H,32,35)(H,33,36)/t25-/m0/s1. The second kappa shape index (κ2) is 12.5. The molecule has 12 heteroatoms. The molecule has 0 saturated carbocycles. The van der Waals surface area contributed by atoms with Gasteiger partial charge in [0.2, 0.25) is 0 Å². The van der Waals surface area contributed by atoms with Crippen LogP contribution in [0.1, 0.15) is 50.2 Å². The Kier molecular flexibility index (Phi) is 8.61. The van der Waals surface area contributed by atoms with Gasteiger partial charge in [0, 0.05) is 24.2 Å². The smallest absolute Gasteiger partial charge is 0.430 e. The van der Waals surface area contributed by atoms with E-state index < -0.39 is 25.0 Å². The fraction of sp³-hybridized carbons (Fsp3) is 0.250. The lowest BCUT2D eigenvalue weighted by Crippen LogP contribution is -2.49. The van der Waals surface area contributed by atoms with Gasteiger partial charge in [-0.05, 0) is 64.7 Å². The number of carbonyl (C=O) groups excluding carboxylic acids is 3. The lowest BCUT2D eigenvalue weighted by Gasteiger charge is -2.25. The van der Waals surface area contributed by atoms with Gasteiger partial charge in [-0.3, -0.25) is 19.8 Å². The number of nitrogens with two attached hydrogens (primary N) is 1. The van der Waals surface area contributed by atoms with Crippen LogP contribution in [0.4, 0.5) is 0 Å². The molecule has 3 amide bonds. The van der Waals surface area contributed by atoms with Crippen molar-refractivity contribution in [1.29, 1.82) is 0 Å². The lowest BCUT2D eigenvalue weighted by molar-refractivity contribution is -0.123. The van der Waals surface area contributed by atoms with Crippen molar-refractivity contribution in [3.8, 4) is 0 Å². The van der Waals surface area contributed by atoms with E-state index in [2.05, 4.69) is 10.7 Å². The van der Waals surface area contributed by atoms with Crippen molar-refractivity contribution in [2.24, 2.45) is 5.84 Å². The topological polar surface area (TPSA) is 143 Å². The monoisotopic (exact) mass is 540 g/mol. The third kappa shape index (κ3) is 6.26. The van der Waals surface area contributed by atoms with Crippen molar-refractivity contribution in [3.05, 3.63) is 94.5 Å². The number of hydrazine groups is 1. The second-order valence-corrected chi connectivity index (χ2v) is 9.94. The van der Waals surface area contributed by atoms with Gasteiger partial charge in [-0.1, -0.05) is 42.5 Å². The molecular weight excluding hydrogens is 510 g/mol. The number of amides is 3. The van der Waals surface area contributed by atoms with Crippen LogP contribution in [0, 0.1) is 0 Å². The zero-order chi connectivity index (χ0) is 28.1. The predicted octanol–water partition coefficient (Wildman–Crippen LogP) is -0.378. The quantitative estimate of drug-likeness (QED) is 0.119. The summed E-state index contributed by atoms with van der Waals surface area (Å²) >= 11 is 0. The zero-order valence-corrected chi connectivity index (χ0v) is 22.0. The number of nitrogens with zero attached hydrogens (tertiary/aromatic N) is 1. The highest BCUT2D eigenvalue weighted by atomic mass is 16.5. The second-order valence-electron chi connectivity index (χ2n) is 9.94. The molecule has 0 bridgehead atoms. The molecule has 3 aromatic rings. The number of rotatable bonds is 10. The van der Waals surface area contributed by atoms with E-state index in [1.165, 1.54) is 0 Å². The van der Waals surface area contributed by atoms with E-state index in [4.69, 9.17) is 15.2 Å². The SMILES string of the molecule is NNC(=O)[C@H](CCCN(Cc1ccccc1)C(=O)c1ccc2c(c1)COB2)NC(=O)c1ccc2c(c1)COB2O. The molecule has 2 aliphatic heterocycles. The maximum Gasteiger partial charge on any atom is 0.491 e. The highest BCUT2D eigenvalue weighted by Crippen LogP contribution is 2.16. The number of hydrogen-bond donors (Lipinski definition) is 4. The first kappa shape index (κ1) is 27.6. The van der Waals surface area contributed by atoms with Gasteiger partial charge in [-0.15, -0.1) is 0 Å². The maximum atomic E-state index is 13.6. The molecule has 1 atom stereocenters. The van der Waals surface area contributed by atoms with Crippen molar-refractivity contribution in [1.82, 2.24) is 15.6 Å². The first-order chi connectivity index (χ1) is 19.4. The summed E-state index contributed by atoms with van der Waals surface area (Å²) in [4.78, 5) is 40.8. The molecule has 10 nitrogen and oxygen atoms in total. The van der Waals surface area contributed by atoms with Crippen LogP contribution >= 0.6 is 0 Å². The molecule has 0 aromatic heterocycles. The highest BCUT2D eigenvalue weighted by molar-refractivity contribution is 6.61. The third-order valence-electron chi connectivity index (χ3n) is 7.22. The summed E-state index contributed by atoms with van der Waals surface area (Å²) in [5, 5.41) is 12.6. The van der Waals surface area contributed by atoms with Crippen molar-refractivity contribution >= 4 is 43.2 Å². The van der Waals surface area contributed by atoms with Gasteiger partial charge in [0.1, 0.15) is 6.04 Å². The third-order valence-corrected chi connectivity index (χ3v) is 7.22. The fourth-order valence-electron chi connectivity index (χ4n) is 5.01. The van der Waals surface area contributed by atoms with Crippen LogP contribution in [0.25, 0.3) is 0 Å². The number of carbonyl (C=O) groups is 3. The largest absolute Gasteiger partial charge is 0.491 e. The molecule has 5 N–H and O–H groups in total. The van der Waals surface area contributed by atoms with E-state index in [1.54, 1.807) is 23.1 Å². The Labute approximate surface area is 233 Å². The molecule has 0 aliphatic carbocycles. The molecule has 5 rings (SSSR count). The van der Waals surface area contributed by atoms with Crippen LogP contribution < -0.4 is 27.5 Å². The minimum absolute atomic E-state index is 0.120. The maximum absolute atomic E-state index is 13.6. The summed E-state index contributed by atoms with van der Waals surface area (Å²) in [6.07, 6.45) is 0.702. The van der Waals surface area contributed by atoms with Crippen LogP contribution in [0.15, 0.2) is 66.7 Å². The van der Waals surface area contributed by atoms with Gasteiger partial charge in [-0.2, -0.15) is 0 Å². The average molecular weight is 540 g/mol. The molecule has 204 valence electrons. The molecule has 2 aliphatic rings. The Hall–Kier alpha value is -3.96. The van der Waals surface area contributed by atoms with Crippen LogP contribution in [-0.2, 0) is 33.9 Å². The molecule has 0 spiro atoms. The molecule has 3 aromatic carbocycles. The summed E-state index contributed by atoms with van der Waals surface area (Å²) in [6, 6.07) is 19.3. The number of benzene rings is 3. The Morgan fingerprint density at radius 2 is 1.80 bits per heavy atom. The minimum Gasteiger partial charge on any atom is -0.430 e. The number of hydrogen-bond acceptors (Lipinski definition) is 7. The Balaban J connectivity index is 1.26. The van der Waals surface area contributed by atoms with Crippen LogP contribution in [-0.4, -0.2) is 54.8 Å². The minimum atomic E-state index is -1.01. The van der Waals surface area contributed by atoms with Gasteiger partial charge < -0.3 is 24.5 Å². The van der Waals surface area contributed by atoms with Crippen molar-refractivity contribution < 1.29 is 28.7 Å². The Morgan fingerprint density at radius 1 is 1.02 bits per heavy atom.